The molecule has 0 saturated heterocycles. The predicted molar refractivity (Wildman–Crippen MR) is 108 cm³/mol. The first-order valence-corrected chi connectivity index (χ1v) is 9.96. The van der Waals surface area contributed by atoms with E-state index >= 15 is 0 Å². The number of thiazole rings is 1. The summed E-state index contributed by atoms with van der Waals surface area (Å²) in [4.78, 5) is 8.53. The van der Waals surface area contributed by atoms with Gasteiger partial charge in [0.1, 0.15) is 5.82 Å². The van der Waals surface area contributed by atoms with E-state index in [2.05, 4.69) is 18.1 Å². The van der Waals surface area contributed by atoms with Gasteiger partial charge in [0.2, 0.25) is 0 Å². The fraction of sp³-hybridized carbons (Fsp3) is 0.150. The summed E-state index contributed by atoms with van der Waals surface area (Å²) in [5.41, 5.74) is 1.54. The molecular formula is C20H18FN3S2. The molecule has 0 spiro atoms. The summed E-state index contributed by atoms with van der Waals surface area (Å²) in [7, 11) is 1.90. The van der Waals surface area contributed by atoms with Gasteiger partial charge in [0.15, 0.2) is 4.80 Å². The molecule has 2 heterocycles. The van der Waals surface area contributed by atoms with E-state index in [0.717, 1.165) is 36.8 Å². The summed E-state index contributed by atoms with van der Waals surface area (Å²) in [6, 6.07) is 15.1. The van der Waals surface area contributed by atoms with Gasteiger partial charge in [-0.15, -0.1) is 0 Å². The Hall–Kier alpha value is -2.31. The summed E-state index contributed by atoms with van der Waals surface area (Å²) in [5, 5.41) is 1.91. The van der Waals surface area contributed by atoms with Crippen LogP contribution < -0.4 is 19.6 Å². The first-order valence-electron chi connectivity index (χ1n) is 8.33. The fourth-order valence-electron chi connectivity index (χ4n) is 3.01. The Morgan fingerprint density at radius 3 is 2.58 bits per heavy atom. The molecule has 1 aliphatic heterocycles. The van der Waals surface area contributed by atoms with Crippen LogP contribution in [0, 0.1) is 5.82 Å². The lowest BCUT2D eigenvalue weighted by atomic mass is 10.3. The van der Waals surface area contributed by atoms with Gasteiger partial charge < -0.3 is 9.47 Å². The second-order valence-electron chi connectivity index (χ2n) is 5.90. The molecule has 0 N–H and O–H groups in total. The van der Waals surface area contributed by atoms with Crippen LogP contribution in [-0.2, 0) is 6.54 Å². The van der Waals surface area contributed by atoms with Crippen LogP contribution in [0.5, 0.6) is 0 Å². The molecule has 0 bridgehead atoms. The molecule has 0 fully saturated rings. The maximum absolute atomic E-state index is 14.3. The van der Waals surface area contributed by atoms with E-state index in [-0.39, 0.29) is 5.82 Å². The van der Waals surface area contributed by atoms with Gasteiger partial charge in [-0.2, -0.15) is 0 Å². The molecular weight excluding hydrogens is 365 g/mol. The smallest absolute Gasteiger partial charge is 0.191 e. The molecule has 6 heteroatoms. The minimum absolute atomic E-state index is 0.202. The SMILES string of the molecule is C=c1/c(=C2\Sc3cccc(F)c3N2C)s/c(=N\c2ccccc2)n1CC. The molecule has 3 aromatic rings. The summed E-state index contributed by atoms with van der Waals surface area (Å²) in [5.74, 6) is -0.202. The average molecular weight is 384 g/mol. The van der Waals surface area contributed by atoms with Gasteiger partial charge in [-0.05, 0) is 31.2 Å². The van der Waals surface area contributed by atoms with Crippen LogP contribution in [0.3, 0.4) is 0 Å². The van der Waals surface area contributed by atoms with Gasteiger partial charge in [0.05, 0.1) is 26.3 Å². The Morgan fingerprint density at radius 2 is 1.88 bits per heavy atom. The van der Waals surface area contributed by atoms with E-state index in [4.69, 9.17) is 4.99 Å². The zero-order valence-electron chi connectivity index (χ0n) is 14.6. The van der Waals surface area contributed by atoms with Crippen LogP contribution in [0.4, 0.5) is 15.8 Å². The molecule has 26 heavy (non-hydrogen) atoms. The van der Waals surface area contributed by atoms with Crippen molar-refractivity contribution in [2.24, 2.45) is 4.99 Å². The highest BCUT2D eigenvalue weighted by molar-refractivity contribution is 8.08. The molecule has 3 nitrogen and oxygen atoms in total. The third-order valence-corrected chi connectivity index (χ3v) is 6.78. The Balaban J connectivity index is 1.95. The van der Waals surface area contributed by atoms with E-state index in [1.807, 2.05) is 48.3 Å². The first-order chi connectivity index (χ1) is 12.6. The van der Waals surface area contributed by atoms with Gasteiger partial charge >= 0.3 is 0 Å². The molecule has 0 saturated carbocycles. The number of thioether (sulfide) groups is 1. The second-order valence-corrected chi connectivity index (χ2v) is 7.91. The minimum Gasteiger partial charge on any atom is -0.335 e. The van der Waals surface area contributed by atoms with Crippen molar-refractivity contribution < 1.29 is 4.39 Å². The summed E-state index contributed by atoms with van der Waals surface area (Å²) in [6.45, 7) is 7.14. The zero-order chi connectivity index (χ0) is 18.3. The molecule has 132 valence electrons. The normalized spacial score (nSPS) is 16.3. The lowest BCUT2D eigenvalue weighted by Gasteiger charge is -2.13. The third kappa shape index (κ3) is 2.79. The molecule has 0 aliphatic carbocycles. The molecule has 4 rings (SSSR count). The first kappa shape index (κ1) is 17.1. The number of benzene rings is 2. The average Bonchev–Trinajstić information content (AvgIpc) is 3.13. The fourth-order valence-corrected chi connectivity index (χ4v) is 5.52. The van der Waals surface area contributed by atoms with Crippen molar-refractivity contribution in [3.8, 4) is 0 Å². The largest absolute Gasteiger partial charge is 0.335 e. The number of aromatic nitrogens is 1. The maximum atomic E-state index is 14.3. The van der Waals surface area contributed by atoms with Crippen LogP contribution in [0.2, 0.25) is 0 Å². The Labute approximate surface area is 159 Å². The van der Waals surface area contributed by atoms with Crippen molar-refractivity contribution in [1.82, 2.24) is 4.57 Å². The number of hydrogen-bond donors (Lipinski definition) is 0. The monoisotopic (exact) mass is 383 g/mol. The van der Waals surface area contributed by atoms with Gasteiger partial charge in [0.25, 0.3) is 0 Å². The molecule has 1 aliphatic rings. The third-order valence-electron chi connectivity index (χ3n) is 4.30. The van der Waals surface area contributed by atoms with Crippen molar-refractivity contribution >= 4 is 46.1 Å². The van der Waals surface area contributed by atoms with Crippen LogP contribution in [0.25, 0.3) is 11.6 Å². The number of hydrogen-bond acceptors (Lipinski definition) is 4. The Kier molecular flexibility index (Phi) is 4.46. The number of nitrogens with zero attached hydrogens (tertiary/aromatic N) is 3. The van der Waals surface area contributed by atoms with Crippen LogP contribution in [-0.4, -0.2) is 11.6 Å². The van der Waals surface area contributed by atoms with Crippen LogP contribution in [0.1, 0.15) is 6.92 Å². The van der Waals surface area contributed by atoms with Crippen LogP contribution >= 0.6 is 23.1 Å². The van der Waals surface area contributed by atoms with Crippen molar-refractivity contribution in [1.29, 1.82) is 0 Å². The highest BCUT2D eigenvalue weighted by atomic mass is 32.2. The minimum atomic E-state index is -0.202. The second kappa shape index (κ2) is 6.78. The lowest BCUT2D eigenvalue weighted by Crippen LogP contribution is -2.33. The Morgan fingerprint density at radius 1 is 1.12 bits per heavy atom. The van der Waals surface area contributed by atoms with Crippen molar-refractivity contribution in [3.63, 3.8) is 0 Å². The molecule has 0 amide bonds. The lowest BCUT2D eigenvalue weighted by molar-refractivity contribution is 0.625. The molecule has 0 atom stereocenters. The summed E-state index contributed by atoms with van der Waals surface area (Å²) >= 11 is 3.18. The number of para-hydroxylation sites is 2. The highest BCUT2D eigenvalue weighted by Crippen LogP contribution is 2.46. The number of rotatable bonds is 2. The Bertz CT molecular complexity index is 1150. The van der Waals surface area contributed by atoms with Gasteiger partial charge in [-0.3, -0.25) is 0 Å². The number of halogens is 1. The van der Waals surface area contributed by atoms with E-state index in [9.17, 15) is 4.39 Å². The summed E-state index contributed by atoms with van der Waals surface area (Å²) < 4.78 is 17.4. The maximum Gasteiger partial charge on any atom is 0.191 e. The van der Waals surface area contributed by atoms with Crippen molar-refractivity contribution in [3.05, 3.63) is 69.0 Å². The molecule has 2 aromatic carbocycles. The van der Waals surface area contributed by atoms with Crippen LogP contribution in [0.15, 0.2) is 58.4 Å². The van der Waals surface area contributed by atoms with Gasteiger partial charge in [0, 0.05) is 18.5 Å². The number of fused-ring (bicyclic) bond motifs is 1. The molecule has 1 aromatic heterocycles. The van der Waals surface area contributed by atoms with E-state index in [1.165, 1.54) is 6.07 Å². The summed E-state index contributed by atoms with van der Waals surface area (Å²) in [6.07, 6.45) is 0. The molecule has 0 unspecified atom stereocenters. The standard InChI is InChI=1S/C20H18FN3S2/c1-4-24-13(2)18(26-20(24)22-14-9-6-5-7-10-14)19-23(3)17-15(21)11-8-12-16(17)25-19/h5-12H,2,4H2,1,3H3/b19-18+,22-20-. The van der Waals surface area contributed by atoms with E-state index < -0.39 is 0 Å². The number of anilines is 1. The topological polar surface area (TPSA) is 20.5 Å². The van der Waals surface area contributed by atoms with Crippen molar-refractivity contribution in [2.45, 2.75) is 18.4 Å². The highest BCUT2D eigenvalue weighted by Gasteiger charge is 2.26. The van der Waals surface area contributed by atoms with Gasteiger partial charge in [-0.25, -0.2) is 9.38 Å². The van der Waals surface area contributed by atoms with E-state index in [1.54, 1.807) is 29.2 Å². The van der Waals surface area contributed by atoms with Crippen molar-refractivity contribution in [2.75, 3.05) is 11.9 Å². The predicted octanol–water partition coefficient (Wildman–Crippen LogP) is 3.66. The van der Waals surface area contributed by atoms with Gasteiger partial charge in [-0.1, -0.05) is 53.9 Å². The quantitative estimate of drug-likeness (QED) is 0.673. The molecule has 0 radical (unpaired) electrons. The zero-order valence-corrected chi connectivity index (χ0v) is 16.2. The van der Waals surface area contributed by atoms with E-state index in [0.29, 0.717) is 5.69 Å².